The first-order valence-corrected chi connectivity index (χ1v) is 8.60. The maximum Gasteiger partial charge on any atom is 0.243 e. The van der Waals surface area contributed by atoms with E-state index < -0.39 is 0 Å². The lowest BCUT2D eigenvalue weighted by atomic mass is 10.1. The minimum Gasteiger partial charge on any atom is -0.333 e. The van der Waals surface area contributed by atoms with Crippen LogP contribution in [0.3, 0.4) is 0 Å². The van der Waals surface area contributed by atoms with Gasteiger partial charge in [-0.15, -0.1) is 0 Å². The molecule has 0 aliphatic rings. The van der Waals surface area contributed by atoms with Crippen LogP contribution < -0.4 is 5.32 Å². The molecule has 1 N–H and O–H groups in total. The summed E-state index contributed by atoms with van der Waals surface area (Å²) >= 11 is 5.87. The Hall–Kier alpha value is -2.33. The van der Waals surface area contributed by atoms with Crippen LogP contribution in [0.5, 0.6) is 0 Å². The molecule has 2 rings (SSSR count). The molecule has 5 heteroatoms. The largest absolute Gasteiger partial charge is 0.333 e. The molecule has 0 heterocycles. The molecule has 132 valence electrons. The zero-order valence-corrected chi connectivity index (χ0v) is 15.6. The fourth-order valence-corrected chi connectivity index (χ4v) is 2.58. The summed E-state index contributed by atoms with van der Waals surface area (Å²) < 4.78 is 0. The molecule has 0 atom stereocenters. The number of aryl methyl sites for hydroxylation is 2. The van der Waals surface area contributed by atoms with Crippen molar-refractivity contribution >= 4 is 29.1 Å². The second-order valence-electron chi connectivity index (χ2n) is 6.16. The molecular weight excluding hydrogens is 336 g/mol. The Labute approximate surface area is 153 Å². The van der Waals surface area contributed by atoms with Gasteiger partial charge >= 0.3 is 0 Å². The van der Waals surface area contributed by atoms with Gasteiger partial charge < -0.3 is 10.2 Å². The predicted octanol–water partition coefficient (Wildman–Crippen LogP) is 3.99. The van der Waals surface area contributed by atoms with Gasteiger partial charge in [-0.1, -0.05) is 29.8 Å². The molecule has 2 amide bonds. The highest BCUT2D eigenvalue weighted by Gasteiger charge is 2.14. The highest BCUT2D eigenvalue weighted by atomic mass is 35.5. The van der Waals surface area contributed by atoms with Crippen LogP contribution in [0.4, 0.5) is 5.69 Å². The number of rotatable bonds is 6. The first kappa shape index (κ1) is 19.0. The SMILES string of the molecule is CC(=O)N(CCc1ccc(Cl)cc1)CC(=O)Nc1ccc(C)c(C)c1. The molecule has 0 fully saturated rings. The number of hydrogen-bond acceptors (Lipinski definition) is 2. The third-order valence-electron chi connectivity index (χ3n) is 4.15. The van der Waals surface area contributed by atoms with Crippen LogP contribution >= 0.6 is 11.6 Å². The van der Waals surface area contributed by atoms with E-state index in [1.54, 1.807) is 4.90 Å². The molecule has 0 unspecified atom stereocenters. The molecule has 0 saturated heterocycles. The molecule has 0 aromatic heterocycles. The van der Waals surface area contributed by atoms with Crippen molar-refractivity contribution in [3.8, 4) is 0 Å². The van der Waals surface area contributed by atoms with Crippen molar-refractivity contribution in [1.82, 2.24) is 4.90 Å². The summed E-state index contributed by atoms with van der Waals surface area (Å²) in [5.41, 5.74) is 4.11. The molecule has 2 aromatic rings. The summed E-state index contributed by atoms with van der Waals surface area (Å²) in [6.07, 6.45) is 0.674. The average Bonchev–Trinajstić information content (AvgIpc) is 2.56. The monoisotopic (exact) mass is 358 g/mol. The Kier molecular flexibility index (Phi) is 6.59. The van der Waals surface area contributed by atoms with Gasteiger partial charge in [0.25, 0.3) is 0 Å². The van der Waals surface area contributed by atoms with Crippen LogP contribution in [0.2, 0.25) is 5.02 Å². The second kappa shape index (κ2) is 8.67. The average molecular weight is 359 g/mol. The summed E-state index contributed by atoms with van der Waals surface area (Å²) in [5, 5.41) is 3.53. The summed E-state index contributed by atoms with van der Waals surface area (Å²) in [4.78, 5) is 25.6. The molecule has 0 aliphatic carbocycles. The highest BCUT2D eigenvalue weighted by molar-refractivity contribution is 6.30. The molecule has 0 bridgehead atoms. The van der Waals surface area contributed by atoms with Gasteiger partial charge in [-0.2, -0.15) is 0 Å². The fraction of sp³-hybridized carbons (Fsp3) is 0.300. The van der Waals surface area contributed by atoms with Gasteiger partial charge in [0.05, 0.1) is 6.54 Å². The number of nitrogens with one attached hydrogen (secondary N) is 1. The molecule has 4 nitrogen and oxygen atoms in total. The lowest BCUT2D eigenvalue weighted by molar-refractivity contribution is -0.132. The predicted molar refractivity (Wildman–Crippen MR) is 102 cm³/mol. The maximum absolute atomic E-state index is 12.3. The normalized spacial score (nSPS) is 10.4. The van der Waals surface area contributed by atoms with E-state index in [1.807, 2.05) is 56.3 Å². The topological polar surface area (TPSA) is 49.4 Å². The van der Waals surface area contributed by atoms with Crippen molar-refractivity contribution in [2.45, 2.75) is 27.2 Å². The van der Waals surface area contributed by atoms with Crippen LogP contribution in [-0.4, -0.2) is 29.8 Å². The van der Waals surface area contributed by atoms with E-state index >= 15 is 0 Å². The smallest absolute Gasteiger partial charge is 0.243 e. The first-order valence-electron chi connectivity index (χ1n) is 8.22. The van der Waals surface area contributed by atoms with Crippen LogP contribution in [-0.2, 0) is 16.0 Å². The van der Waals surface area contributed by atoms with E-state index in [4.69, 9.17) is 11.6 Å². The third kappa shape index (κ3) is 5.91. The van der Waals surface area contributed by atoms with Crippen LogP contribution in [0, 0.1) is 13.8 Å². The fourth-order valence-electron chi connectivity index (χ4n) is 2.46. The van der Waals surface area contributed by atoms with Crippen LogP contribution in [0.25, 0.3) is 0 Å². The van der Waals surface area contributed by atoms with E-state index in [1.165, 1.54) is 12.5 Å². The van der Waals surface area contributed by atoms with Gasteiger partial charge in [0.15, 0.2) is 0 Å². The van der Waals surface area contributed by atoms with Crippen molar-refractivity contribution in [3.05, 3.63) is 64.2 Å². The Morgan fingerprint density at radius 1 is 1.04 bits per heavy atom. The number of amides is 2. The zero-order valence-electron chi connectivity index (χ0n) is 14.8. The van der Waals surface area contributed by atoms with Gasteiger partial charge in [0.1, 0.15) is 0 Å². The summed E-state index contributed by atoms with van der Waals surface area (Å²) in [5.74, 6) is -0.321. The molecular formula is C20H23ClN2O2. The molecule has 25 heavy (non-hydrogen) atoms. The zero-order chi connectivity index (χ0) is 18.4. The molecule has 0 aliphatic heterocycles. The number of carbonyl (C=O) groups is 2. The lowest BCUT2D eigenvalue weighted by Crippen LogP contribution is -2.38. The highest BCUT2D eigenvalue weighted by Crippen LogP contribution is 2.14. The quantitative estimate of drug-likeness (QED) is 0.848. The van der Waals surface area contributed by atoms with Crippen LogP contribution in [0.1, 0.15) is 23.6 Å². The Bertz CT molecular complexity index is 757. The molecule has 2 aromatic carbocycles. The summed E-state index contributed by atoms with van der Waals surface area (Å²) in [6, 6.07) is 13.3. The van der Waals surface area contributed by atoms with E-state index in [0.717, 1.165) is 16.8 Å². The third-order valence-corrected chi connectivity index (χ3v) is 4.41. The number of anilines is 1. The second-order valence-corrected chi connectivity index (χ2v) is 6.60. The molecule has 0 saturated carbocycles. The molecule has 0 spiro atoms. The Morgan fingerprint density at radius 2 is 1.72 bits per heavy atom. The minimum atomic E-state index is -0.199. The number of nitrogens with zero attached hydrogens (tertiary/aromatic N) is 1. The Balaban J connectivity index is 1.93. The van der Waals surface area contributed by atoms with E-state index in [9.17, 15) is 9.59 Å². The van der Waals surface area contributed by atoms with E-state index in [2.05, 4.69) is 5.32 Å². The van der Waals surface area contributed by atoms with Gasteiger partial charge in [-0.3, -0.25) is 9.59 Å². The van der Waals surface area contributed by atoms with E-state index in [0.29, 0.717) is 18.0 Å². The van der Waals surface area contributed by atoms with Gasteiger partial charge in [-0.05, 0) is 61.2 Å². The number of halogens is 1. The minimum absolute atomic E-state index is 0.0375. The van der Waals surface area contributed by atoms with Crippen molar-refractivity contribution in [1.29, 1.82) is 0 Å². The number of hydrogen-bond donors (Lipinski definition) is 1. The van der Waals surface area contributed by atoms with Crippen molar-refractivity contribution in [2.75, 3.05) is 18.4 Å². The van der Waals surface area contributed by atoms with Gasteiger partial charge in [0.2, 0.25) is 11.8 Å². The number of benzene rings is 2. The number of carbonyl (C=O) groups excluding carboxylic acids is 2. The van der Waals surface area contributed by atoms with Gasteiger partial charge in [-0.25, -0.2) is 0 Å². The lowest BCUT2D eigenvalue weighted by Gasteiger charge is -2.20. The van der Waals surface area contributed by atoms with Gasteiger partial charge in [0, 0.05) is 24.2 Å². The van der Waals surface area contributed by atoms with E-state index in [-0.39, 0.29) is 18.4 Å². The summed E-state index contributed by atoms with van der Waals surface area (Å²) in [6.45, 7) is 6.02. The molecule has 0 radical (unpaired) electrons. The van der Waals surface area contributed by atoms with Crippen molar-refractivity contribution in [3.63, 3.8) is 0 Å². The van der Waals surface area contributed by atoms with Crippen molar-refractivity contribution in [2.24, 2.45) is 0 Å². The Morgan fingerprint density at radius 3 is 2.32 bits per heavy atom. The van der Waals surface area contributed by atoms with Crippen molar-refractivity contribution < 1.29 is 9.59 Å². The first-order chi connectivity index (χ1) is 11.8. The maximum atomic E-state index is 12.3. The standard InChI is InChI=1S/C20H23ClN2O2/c1-14-4-9-19(12-15(14)2)22-20(25)13-23(16(3)24)11-10-17-5-7-18(21)8-6-17/h4-9,12H,10-11,13H2,1-3H3,(H,22,25). The van der Waals surface area contributed by atoms with Crippen LogP contribution in [0.15, 0.2) is 42.5 Å². The summed E-state index contributed by atoms with van der Waals surface area (Å²) in [7, 11) is 0.